The van der Waals surface area contributed by atoms with Crippen molar-refractivity contribution in [2.45, 2.75) is 31.6 Å². The number of rotatable bonds is 7. The maximum Gasteiger partial charge on any atom is 0.303 e. The molecule has 4 nitrogen and oxygen atoms in total. The van der Waals surface area contributed by atoms with Gasteiger partial charge in [-0.25, -0.2) is 0 Å². The van der Waals surface area contributed by atoms with Crippen molar-refractivity contribution in [3.8, 4) is 0 Å². The summed E-state index contributed by atoms with van der Waals surface area (Å²) in [5, 5.41) is 11.8. The molecule has 0 aromatic heterocycles. The molecule has 0 heterocycles. The van der Waals surface area contributed by atoms with Gasteiger partial charge in [0.05, 0.1) is 5.92 Å². The van der Waals surface area contributed by atoms with E-state index in [9.17, 15) is 9.59 Å². The van der Waals surface area contributed by atoms with Gasteiger partial charge in [0.15, 0.2) is 0 Å². The zero-order valence-electron chi connectivity index (χ0n) is 13.4. The van der Waals surface area contributed by atoms with Crippen molar-refractivity contribution in [3.05, 3.63) is 65.7 Å². The van der Waals surface area contributed by atoms with Crippen LogP contribution in [0.25, 0.3) is 0 Å². The van der Waals surface area contributed by atoms with Crippen LogP contribution in [0.1, 0.15) is 36.3 Å². The van der Waals surface area contributed by atoms with Crippen molar-refractivity contribution in [2.24, 2.45) is 5.92 Å². The van der Waals surface area contributed by atoms with Crippen LogP contribution in [0.3, 0.4) is 0 Å². The molecule has 1 atom stereocenters. The Morgan fingerprint density at radius 3 is 2.50 bits per heavy atom. The van der Waals surface area contributed by atoms with Crippen LogP contribution in [-0.2, 0) is 16.0 Å². The van der Waals surface area contributed by atoms with E-state index in [-0.39, 0.29) is 18.2 Å². The summed E-state index contributed by atoms with van der Waals surface area (Å²) in [7, 11) is 0. The van der Waals surface area contributed by atoms with Crippen LogP contribution in [0.4, 0.5) is 5.69 Å². The Hall–Kier alpha value is -2.62. The summed E-state index contributed by atoms with van der Waals surface area (Å²) >= 11 is 0. The van der Waals surface area contributed by atoms with E-state index in [1.165, 1.54) is 0 Å². The lowest BCUT2D eigenvalue weighted by Gasteiger charge is -2.17. The van der Waals surface area contributed by atoms with Crippen molar-refractivity contribution in [2.75, 3.05) is 5.32 Å². The summed E-state index contributed by atoms with van der Waals surface area (Å²) in [6, 6.07) is 17.3. The highest BCUT2D eigenvalue weighted by molar-refractivity contribution is 5.96. The van der Waals surface area contributed by atoms with E-state index in [0.29, 0.717) is 12.3 Å². The number of aryl methyl sites for hydroxylation is 1. The number of nitrogens with one attached hydrogen (secondary N) is 1. The van der Waals surface area contributed by atoms with E-state index in [4.69, 9.17) is 5.11 Å². The lowest BCUT2D eigenvalue weighted by atomic mass is 9.93. The Bertz CT molecular complexity index is 723. The summed E-state index contributed by atoms with van der Waals surface area (Å²) in [5.74, 6) is -0.502. The molecular formula is C20H21NO3. The molecule has 0 saturated heterocycles. The monoisotopic (exact) mass is 323 g/mol. The fraction of sp³-hybridized carbons (Fsp3) is 0.300. The first-order chi connectivity index (χ1) is 11.6. The molecule has 24 heavy (non-hydrogen) atoms. The average Bonchev–Trinajstić information content (AvgIpc) is 3.39. The first-order valence-corrected chi connectivity index (χ1v) is 8.30. The summed E-state index contributed by atoms with van der Waals surface area (Å²) in [4.78, 5) is 23.5. The predicted molar refractivity (Wildman–Crippen MR) is 92.9 cm³/mol. The molecule has 2 aromatic rings. The Balaban J connectivity index is 1.71. The van der Waals surface area contributed by atoms with Gasteiger partial charge in [-0.15, -0.1) is 0 Å². The summed E-state index contributed by atoms with van der Waals surface area (Å²) in [5.41, 5.74) is 2.70. The zero-order valence-corrected chi connectivity index (χ0v) is 13.4. The van der Waals surface area contributed by atoms with E-state index in [2.05, 4.69) is 5.32 Å². The van der Waals surface area contributed by atoms with Gasteiger partial charge in [-0.05, 0) is 48.4 Å². The third-order valence-electron chi connectivity index (χ3n) is 4.36. The highest BCUT2D eigenvalue weighted by Crippen LogP contribution is 2.43. The van der Waals surface area contributed by atoms with E-state index >= 15 is 0 Å². The summed E-state index contributed by atoms with van der Waals surface area (Å²) in [6.45, 7) is 0. The summed E-state index contributed by atoms with van der Waals surface area (Å²) < 4.78 is 0. The Morgan fingerprint density at radius 1 is 1.08 bits per heavy atom. The van der Waals surface area contributed by atoms with E-state index < -0.39 is 5.97 Å². The molecule has 0 radical (unpaired) electrons. The van der Waals surface area contributed by atoms with Crippen LogP contribution >= 0.6 is 0 Å². The van der Waals surface area contributed by atoms with Crippen molar-refractivity contribution < 1.29 is 14.7 Å². The van der Waals surface area contributed by atoms with Gasteiger partial charge >= 0.3 is 5.97 Å². The van der Waals surface area contributed by atoms with Crippen molar-refractivity contribution in [3.63, 3.8) is 0 Å². The predicted octanol–water partition coefficient (Wildman–Crippen LogP) is 3.84. The van der Waals surface area contributed by atoms with E-state index in [1.54, 1.807) is 0 Å². The minimum Gasteiger partial charge on any atom is -0.481 e. The van der Waals surface area contributed by atoms with Crippen molar-refractivity contribution >= 4 is 17.6 Å². The smallest absolute Gasteiger partial charge is 0.303 e. The number of aliphatic carboxylic acids is 1. The normalized spacial score (nSPS) is 14.8. The van der Waals surface area contributed by atoms with Crippen molar-refractivity contribution in [1.82, 2.24) is 0 Å². The minimum absolute atomic E-state index is 0.0130. The van der Waals surface area contributed by atoms with Crippen LogP contribution < -0.4 is 5.32 Å². The van der Waals surface area contributed by atoms with E-state index in [1.807, 2.05) is 54.6 Å². The molecule has 1 amide bonds. The largest absolute Gasteiger partial charge is 0.481 e. The Morgan fingerprint density at radius 2 is 1.83 bits per heavy atom. The molecule has 3 rings (SSSR count). The van der Waals surface area contributed by atoms with E-state index in [0.717, 1.165) is 29.7 Å². The molecule has 1 fully saturated rings. The van der Waals surface area contributed by atoms with Crippen LogP contribution in [0.5, 0.6) is 0 Å². The first kappa shape index (κ1) is 16.2. The van der Waals surface area contributed by atoms with Gasteiger partial charge in [-0.2, -0.15) is 0 Å². The van der Waals surface area contributed by atoms with Gasteiger partial charge in [-0.1, -0.05) is 42.5 Å². The number of amides is 1. The maximum absolute atomic E-state index is 12.8. The molecule has 2 N–H and O–H groups in total. The minimum atomic E-state index is -0.817. The number of carboxylic acid groups (broad SMARTS) is 1. The lowest BCUT2D eigenvalue weighted by Crippen LogP contribution is -2.22. The molecule has 1 saturated carbocycles. The van der Waals surface area contributed by atoms with Gasteiger partial charge in [0.1, 0.15) is 0 Å². The standard InChI is InChI=1S/C20H21NO3/c22-18(23)12-9-14-5-4-8-17(13-14)21-20(24)19(16-10-11-16)15-6-2-1-3-7-15/h1-8,13,16,19H,9-12H2,(H,21,24)(H,22,23). The summed E-state index contributed by atoms with van der Waals surface area (Å²) in [6.07, 6.45) is 2.73. The number of hydrogen-bond donors (Lipinski definition) is 2. The number of hydrogen-bond acceptors (Lipinski definition) is 2. The number of carbonyl (C=O) groups is 2. The molecule has 0 aliphatic heterocycles. The Labute approximate surface area is 141 Å². The fourth-order valence-corrected chi connectivity index (χ4v) is 3.00. The zero-order chi connectivity index (χ0) is 16.9. The maximum atomic E-state index is 12.8. The molecule has 1 unspecified atom stereocenters. The van der Waals surface area contributed by atoms with Gasteiger partial charge in [0, 0.05) is 12.1 Å². The molecule has 4 heteroatoms. The molecule has 1 aliphatic carbocycles. The van der Waals surface area contributed by atoms with Gasteiger partial charge in [0.2, 0.25) is 5.91 Å². The highest BCUT2D eigenvalue weighted by atomic mass is 16.4. The van der Waals surface area contributed by atoms with Crippen LogP contribution in [0.2, 0.25) is 0 Å². The second kappa shape index (κ2) is 7.30. The first-order valence-electron chi connectivity index (χ1n) is 8.30. The third kappa shape index (κ3) is 4.22. The molecule has 124 valence electrons. The Kier molecular flexibility index (Phi) is 4.94. The van der Waals surface area contributed by atoms with Crippen LogP contribution in [0, 0.1) is 5.92 Å². The molecule has 0 bridgehead atoms. The quantitative estimate of drug-likeness (QED) is 0.813. The number of carboxylic acids is 1. The number of benzene rings is 2. The molecular weight excluding hydrogens is 302 g/mol. The van der Waals surface area contributed by atoms with Gasteiger partial charge in [-0.3, -0.25) is 9.59 Å². The number of carbonyl (C=O) groups excluding carboxylic acids is 1. The second-order valence-corrected chi connectivity index (χ2v) is 6.31. The average molecular weight is 323 g/mol. The third-order valence-corrected chi connectivity index (χ3v) is 4.36. The fourth-order valence-electron chi connectivity index (χ4n) is 3.00. The highest BCUT2D eigenvalue weighted by Gasteiger charge is 2.37. The van der Waals surface area contributed by atoms with Crippen LogP contribution in [0.15, 0.2) is 54.6 Å². The lowest BCUT2D eigenvalue weighted by molar-refractivity contribution is -0.137. The second-order valence-electron chi connectivity index (χ2n) is 6.31. The molecule has 1 aliphatic rings. The SMILES string of the molecule is O=C(O)CCc1cccc(NC(=O)C(c2ccccc2)C2CC2)c1. The van der Waals surface area contributed by atoms with Gasteiger partial charge in [0.25, 0.3) is 0 Å². The topological polar surface area (TPSA) is 66.4 Å². The van der Waals surface area contributed by atoms with Crippen LogP contribution in [-0.4, -0.2) is 17.0 Å². The molecule has 0 spiro atoms. The van der Waals surface area contributed by atoms with Crippen molar-refractivity contribution in [1.29, 1.82) is 0 Å². The molecule has 2 aromatic carbocycles. The van der Waals surface area contributed by atoms with Gasteiger partial charge < -0.3 is 10.4 Å². The number of anilines is 1.